The lowest BCUT2D eigenvalue weighted by molar-refractivity contribution is 0.0447. The Balaban J connectivity index is 2.04. The number of anilines is 1. The Morgan fingerprint density at radius 2 is 2.28 bits per heavy atom. The van der Waals surface area contributed by atoms with Crippen LogP contribution in [0.4, 0.5) is 5.69 Å². The zero-order chi connectivity index (χ0) is 13.0. The van der Waals surface area contributed by atoms with Crippen molar-refractivity contribution in [1.29, 1.82) is 0 Å². The number of aryl methyl sites for hydroxylation is 1. The molecular weight excluding hydrogens is 224 g/mol. The van der Waals surface area contributed by atoms with Crippen LogP contribution >= 0.6 is 0 Å². The van der Waals surface area contributed by atoms with Crippen LogP contribution in [0.1, 0.15) is 18.9 Å². The van der Waals surface area contributed by atoms with E-state index in [1.165, 1.54) is 11.3 Å². The molecule has 0 aromatic heterocycles. The van der Waals surface area contributed by atoms with E-state index in [9.17, 15) is 0 Å². The van der Waals surface area contributed by atoms with Gasteiger partial charge in [-0.05, 0) is 38.0 Å². The standard InChI is InChI=1S/C15H24N2O/c1-3-17(14-6-4-5-12(2)9-14)10-13-11-18-8-7-15(13)16/h4-6,9,13,15H,3,7-8,10-11,16H2,1-2H3. The van der Waals surface area contributed by atoms with Gasteiger partial charge in [0.1, 0.15) is 0 Å². The SMILES string of the molecule is CCN(CC1COCCC1N)c1cccc(C)c1. The van der Waals surface area contributed by atoms with Crippen LogP contribution < -0.4 is 10.6 Å². The van der Waals surface area contributed by atoms with E-state index in [2.05, 4.69) is 43.0 Å². The van der Waals surface area contributed by atoms with Crippen LogP contribution in [0.2, 0.25) is 0 Å². The number of rotatable bonds is 4. The van der Waals surface area contributed by atoms with Gasteiger partial charge in [-0.1, -0.05) is 12.1 Å². The number of hydrogen-bond acceptors (Lipinski definition) is 3. The van der Waals surface area contributed by atoms with Crippen LogP contribution in [0.25, 0.3) is 0 Å². The highest BCUT2D eigenvalue weighted by Gasteiger charge is 2.24. The molecule has 1 aliphatic rings. The number of nitrogens with two attached hydrogens (primary N) is 1. The Hall–Kier alpha value is -1.06. The zero-order valence-corrected chi connectivity index (χ0v) is 11.4. The van der Waals surface area contributed by atoms with Crippen molar-refractivity contribution in [2.45, 2.75) is 26.3 Å². The van der Waals surface area contributed by atoms with Gasteiger partial charge in [-0.15, -0.1) is 0 Å². The van der Waals surface area contributed by atoms with Crippen molar-refractivity contribution in [3.8, 4) is 0 Å². The molecule has 0 spiro atoms. The highest BCUT2D eigenvalue weighted by molar-refractivity contribution is 5.48. The molecule has 2 rings (SSSR count). The number of benzene rings is 1. The first-order valence-electron chi connectivity index (χ1n) is 6.85. The minimum atomic E-state index is 0.276. The largest absolute Gasteiger partial charge is 0.381 e. The van der Waals surface area contributed by atoms with Crippen molar-refractivity contribution in [2.75, 3.05) is 31.2 Å². The normalized spacial score (nSPS) is 23.9. The molecule has 1 fully saturated rings. The van der Waals surface area contributed by atoms with Crippen molar-refractivity contribution >= 4 is 5.69 Å². The molecule has 1 saturated heterocycles. The van der Waals surface area contributed by atoms with Crippen LogP contribution in [-0.4, -0.2) is 32.3 Å². The predicted molar refractivity (Wildman–Crippen MR) is 76.0 cm³/mol. The molecule has 0 saturated carbocycles. The Morgan fingerprint density at radius 3 is 2.94 bits per heavy atom. The van der Waals surface area contributed by atoms with E-state index < -0.39 is 0 Å². The number of hydrogen-bond donors (Lipinski definition) is 1. The average molecular weight is 248 g/mol. The van der Waals surface area contributed by atoms with Crippen LogP contribution in [0.15, 0.2) is 24.3 Å². The first-order chi connectivity index (χ1) is 8.70. The molecule has 2 atom stereocenters. The van der Waals surface area contributed by atoms with Gasteiger partial charge >= 0.3 is 0 Å². The van der Waals surface area contributed by atoms with E-state index in [1.54, 1.807) is 0 Å². The van der Waals surface area contributed by atoms with Gasteiger partial charge in [-0.2, -0.15) is 0 Å². The molecule has 2 unspecified atom stereocenters. The molecule has 18 heavy (non-hydrogen) atoms. The van der Waals surface area contributed by atoms with E-state index in [0.717, 1.165) is 32.7 Å². The third kappa shape index (κ3) is 3.24. The summed E-state index contributed by atoms with van der Waals surface area (Å²) in [4.78, 5) is 2.40. The van der Waals surface area contributed by atoms with Gasteiger partial charge in [-0.3, -0.25) is 0 Å². The summed E-state index contributed by atoms with van der Waals surface area (Å²) < 4.78 is 5.55. The third-order valence-electron chi connectivity index (χ3n) is 3.74. The van der Waals surface area contributed by atoms with Crippen LogP contribution in [0.3, 0.4) is 0 Å². The number of nitrogens with zero attached hydrogens (tertiary/aromatic N) is 1. The molecule has 1 aliphatic heterocycles. The zero-order valence-electron chi connectivity index (χ0n) is 11.4. The fourth-order valence-corrected chi connectivity index (χ4v) is 2.53. The molecule has 2 N–H and O–H groups in total. The second-order valence-corrected chi connectivity index (χ2v) is 5.17. The van der Waals surface area contributed by atoms with Crippen LogP contribution in [-0.2, 0) is 4.74 Å². The van der Waals surface area contributed by atoms with Gasteiger partial charge in [-0.25, -0.2) is 0 Å². The Kier molecular flexibility index (Phi) is 4.61. The van der Waals surface area contributed by atoms with E-state index in [-0.39, 0.29) is 6.04 Å². The summed E-state index contributed by atoms with van der Waals surface area (Å²) in [6.45, 7) is 7.93. The first kappa shape index (κ1) is 13.4. The maximum Gasteiger partial charge on any atom is 0.0526 e. The summed E-state index contributed by atoms with van der Waals surface area (Å²) >= 11 is 0. The van der Waals surface area contributed by atoms with E-state index >= 15 is 0 Å². The maximum absolute atomic E-state index is 6.18. The summed E-state index contributed by atoms with van der Waals surface area (Å²) in [5.41, 5.74) is 8.77. The monoisotopic (exact) mass is 248 g/mol. The highest BCUT2D eigenvalue weighted by atomic mass is 16.5. The first-order valence-corrected chi connectivity index (χ1v) is 6.85. The quantitative estimate of drug-likeness (QED) is 0.887. The summed E-state index contributed by atoms with van der Waals surface area (Å²) in [5, 5.41) is 0. The predicted octanol–water partition coefficient (Wildman–Crippen LogP) is 2.19. The van der Waals surface area contributed by atoms with Gasteiger partial charge in [0, 0.05) is 37.3 Å². The molecule has 1 aromatic carbocycles. The Labute approximate surface area is 110 Å². The van der Waals surface area contributed by atoms with Crippen molar-refractivity contribution < 1.29 is 4.74 Å². The lowest BCUT2D eigenvalue weighted by atomic mass is 9.96. The molecule has 0 amide bonds. The average Bonchev–Trinajstić information content (AvgIpc) is 2.38. The van der Waals surface area contributed by atoms with Crippen molar-refractivity contribution in [3.05, 3.63) is 29.8 Å². The van der Waals surface area contributed by atoms with Crippen molar-refractivity contribution in [2.24, 2.45) is 11.7 Å². The Morgan fingerprint density at radius 1 is 1.44 bits per heavy atom. The highest BCUT2D eigenvalue weighted by Crippen LogP contribution is 2.20. The topological polar surface area (TPSA) is 38.5 Å². The molecular formula is C15H24N2O. The van der Waals surface area contributed by atoms with Gasteiger partial charge < -0.3 is 15.4 Å². The van der Waals surface area contributed by atoms with Crippen LogP contribution in [0.5, 0.6) is 0 Å². The fourth-order valence-electron chi connectivity index (χ4n) is 2.53. The molecule has 0 aliphatic carbocycles. The van der Waals surface area contributed by atoms with E-state index in [0.29, 0.717) is 5.92 Å². The maximum atomic E-state index is 6.18. The third-order valence-corrected chi connectivity index (χ3v) is 3.74. The number of ether oxygens (including phenoxy) is 1. The van der Waals surface area contributed by atoms with Crippen LogP contribution in [0, 0.1) is 12.8 Å². The van der Waals surface area contributed by atoms with Crippen molar-refractivity contribution in [1.82, 2.24) is 0 Å². The molecule has 1 heterocycles. The second kappa shape index (κ2) is 6.21. The van der Waals surface area contributed by atoms with E-state index in [1.807, 2.05) is 0 Å². The molecule has 0 radical (unpaired) electrons. The van der Waals surface area contributed by atoms with Gasteiger partial charge in [0.05, 0.1) is 6.61 Å². The minimum Gasteiger partial charge on any atom is -0.381 e. The fraction of sp³-hybridized carbons (Fsp3) is 0.600. The minimum absolute atomic E-state index is 0.276. The Bertz CT molecular complexity index is 381. The smallest absolute Gasteiger partial charge is 0.0526 e. The summed E-state index contributed by atoms with van der Waals surface area (Å²) in [6.07, 6.45) is 0.982. The lowest BCUT2D eigenvalue weighted by Crippen LogP contribution is -2.45. The summed E-state index contributed by atoms with van der Waals surface area (Å²) in [5.74, 6) is 0.444. The second-order valence-electron chi connectivity index (χ2n) is 5.17. The molecule has 1 aromatic rings. The van der Waals surface area contributed by atoms with E-state index in [4.69, 9.17) is 10.5 Å². The summed E-state index contributed by atoms with van der Waals surface area (Å²) in [7, 11) is 0. The van der Waals surface area contributed by atoms with Gasteiger partial charge in [0.25, 0.3) is 0 Å². The molecule has 3 heteroatoms. The lowest BCUT2D eigenvalue weighted by Gasteiger charge is -2.34. The molecule has 0 bridgehead atoms. The molecule has 3 nitrogen and oxygen atoms in total. The summed E-state index contributed by atoms with van der Waals surface area (Å²) in [6, 6.07) is 8.93. The van der Waals surface area contributed by atoms with Gasteiger partial charge in [0.2, 0.25) is 0 Å². The molecule has 100 valence electrons. The van der Waals surface area contributed by atoms with Crippen molar-refractivity contribution in [3.63, 3.8) is 0 Å². The van der Waals surface area contributed by atoms with Gasteiger partial charge in [0.15, 0.2) is 0 Å².